The summed E-state index contributed by atoms with van der Waals surface area (Å²) >= 11 is 1.59. The lowest BCUT2D eigenvalue weighted by Gasteiger charge is -2.23. The van der Waals surface area contributed by atoms with Crippen molar-refractivity contribution in [3.05, 3.63) is 70.6 Å². The van der Waals surface area contributed by atoms with Crippen LogP contribution in [-0.2, 0) is 4.84 Å². The summed E-state index contributed by atoms with van der Waals surface area (Å²) in [5, 5.41) is 26.2. The van der Waals surface area contributed by atoms with Crippen molar-refractivity contribution in [2.75, 3.05) is 10.8 Å². The number of nitrogens with one attached hydrogen (secondary N) is 4. The lowest BCUT2D eigenvalue weighted by molar-refractivity contribution is 0.0377. The summed E-state index contributed by atoms with van der Waals surface area (Å²) in [6.07, 6.45) is 5.86. The molecule has 11 heteroatoms. The normalized spacial score (nSPS) is 15.9. The molecule has 0 saturated heterocycles. The maximum absolute atomic E-state index is 10.0. The number of hydrogen-bond donors (Lipinski definition) is 4. The van der Waals surface area contributed by atoms with Crippen molar-refractivity contribution in [1.29, 1.82) is 10.5 Å². The Bertz CT molecular complexity index is 1690. The zero-order valence-corrected chi connectivity index (χ0v) is 22.6. The minimum atomic E-state index is -0.504. The lowest BCUT2D eigenvalue weighted by Crippen LogP contribution is -2.38. The van der Waals surface area contributed by atoms with Gasteiger partial charge in [-0.15, -0.1) is 16.9 Å². The van der Waals surface area contributed by atoms with Crippen LogP contribution in [-0.4, -0.2) is 26.6 Å². The fraction of sp³-hybridized carbons (Fsp3) is 0.286. The van der Waals surface area contributed by atoms with Gasteiger partial charge in [0.15, 0.2) is 0 Å². The molecule has 196 valence electrons. The number of thiazole rings is 1. The third-order valence-electron chi connectivity index (χ3n) is 6.54. The van der Waals surface area contributed by atoms with Gasteiger partial charge >= 0.3 is 0 Å². The first-order valence-electron chi connectivity index (χ1n) is 12.7. The molecule has 1 saturated carbocycles. The third kappa shape index (κ3) is 4.91. The minimum Gasteiger partial charge on any atom is -0.373 e. The Labute approximate surface area is 229 Å². The van der Waals surface area contributed by atoms with Crippen LogP contribution in [0.2, 0.25) is 0 Å². The van der Waals surface area contributed by atoms with Crippen LogP contribution in [0, 0.1) is 22.7 Å². The van der Waals surface area contributed by atoms with E-state index in [2.05, 4.69) is 61.1 Å². The van der Waals surface area contributed by atoms with Crippen LogP contribution in [0.5, 0.6) is 0 Å². The molecule has 6 rings (SSSR count). The zero-order chi connectivity index (χ0) is 27.1. The molecular formula is C28H27N9OS. The summed E-state index contributed by atoms with van der Waals surface area (Å²) in [4.78, 5) is 14.8. The summed E-state index contributed by atoms with van der Waals surface area (Å²) in [5.41, 5.74) is 16.2. The molecule has 2 aromatic carbocycles. The molecule has 0 radical (unpaired) electrons. The highest BCUT2D eigenvalue weighted by Crippen LogP contribution is 2.38. The van der Waals surface area contributed by atoms with Crippen LogP contribution in [0.3, 0.4) is 0 Å². The highest BCUT2D eigenvalue weighted by atomic mass is 32.1. The van der Waals surface area contributed by atoms with Gasteiger partial charge in [0.05, 0.1) is 55.4 Å². The van der Waals surface area contributed by atoms with Gasteiger partial charge in [0.25, 0.3) is 0 Å². The Hall–Kier alpha value is -4.42. The first-order chi connectivity index (χ1) is 18.8. The Morgan fingerprint density at radius 1 is 1.15 bits per heavy atom. The predicted molar refractivity (Wildman–Crippen MR) is 151 cm³/mol. The smallest absolute Gasteiger partial charge is 0.103 e. The number of anilines is 2. The Kier molecular flexibility index (Phi) is 6.20. The second-order valence-electron chi connectivity index (χ2n) is 10.6. The van der Waals surface area contributed by atoms with E-state index in [-0.39, 0.29) is 6.04 Å². The van der Waals surface area contributed by atoms with Gasteiger partial charge in [0.2, 0.25) is 0 Å². The van der Waals surface area contributed by atoms with Gasteiger partial charge in [-0.2, -0.15) is 10.5 Å². The number of fused-ring (bicyclic) bond motifs is 2. The van der Waals surface area contributed by atoms with Crippen molar-refractivity contribution in [3.8, 4) is 12.1 Å². The number of aromatic nitrogens is 2. The van der Waals surface area contributed by atoms with Gasteiger partial charge in [0, 0.05) is 29.5 Å². The Morgan fingerprint density at radius 2 is 1.97 bits per heavy atom. The average molecular weight is 538 g/mol. The standard InChI is InChI=1S/C28H27N9OS/c1-28(2,3)38-35-25-17(12-30)13-31-24-16(11-29)9-18(10-21(24)25)33-26(23-14-37(36-34-23)19-7-8-19)20-5-4-6-22-27(20)39-15-32-22/h4-6,9-10,13-15,19,26,33-34,36H,7-8H2,1-3H3,(H,31,35)/t26-/m0/s1. The first kappa shape index (κ1) is 24.9. The molecule has 0 unspecified atom stereocenters. The molecule has 4 N–H and O–H groups in total. The van der Waals surface area contributed by atoms with Crippen molar-refractivity contribution in [2.24, 2.45) is 0 Å². The highest BCUT2D eigenvalue weighted by molar-refractivity contribution is 7.17. The zero-order valence-electron chi connectivity index (χ0n) is 21.7. The molecule has 1 fully saturated rings. The molecule has 2 aliphatic rings. The van der Waals surface area contributed by atoms with Crippen LogP contribution in [0.15, 0.2) is 53.9 Å². The predicted octanol–water partition coefficient (Wildman–Crippen LogP) is 5.21. The van der Waals surface area contributed by atoms with Crippen molar-refractivity contribution in [1.82, 2.24) is 25.9 Å². The van der Waals surface area contributed by atoms with E-state index in [4.69, 9.17) is 4.84 Å². The molecule has 39 heavy (non-hydrogen) atoms. The monoisotopic (exact) mass is 537 g/mol. The van der Waals surface area contributed by atoms with Crippen molar-refractivity contribution in [3.63, 3.8) is 0 Å². The Morgan fingerprint density at radius 3 is 2.72 bits per heavy atom. The second-order valence-corrected chi connectivity index (χ2v) is 11.4. The molecule has 10 nitrogen and oxygen atoms in total. The quantitative estimate of drug-likeness (QED) is 0.233. The van der Waals surface area contributed by atoms with Crippen LogP contribution < -0.4 is 21.8 Å². The molecule has 0 amide bonds. The number of hydrazine groups is 2. The van der Waals surface area contributed by atoms with Crippen LogP contribution in [0.4, 0.5) is 11.4 Å². The fourth-order valence-corrected chi connectivity index (χ4v) is 5.37. The van der Waals surface area contributed by atoms with Crippen molar-refractivity contribution >= 4 is 43.8 Å². The van der Waals surface area contributed by atoms with Crippen molar-refractivity contribution in [2.45, 2.75) is 51.3 Å². The molecule has 3 heterocycles. The Balaban J connectivity index is 1.47. The van der Waals surface area contributed by atoms with Gasteiger partial charge in [-0.3, -0.25) is 20.3 Å². The average Bonchev–Trinajstić information content (AvgIpc) is 3.45. The first-order valence-corrected chi connectivity index (χ1v) is 13.5. The maximum Gasteiger partial charge on any atom is 0.103 e. The fourth-order valence-electron chi connectivity index (χ4n) is 4.53. The van der Waals surface area contributed by atoms with Gasteiger partial charge in [-0.25, -0.2) is 4.98 Å². The number of nitrogens with zero attached hydrogens (tertiary/aromatic N) is 5. The number of pyridine rings is 1. The van der Waals surface area contributed by atoms with Gasteiger partial charge in [0.1, 0.15) is 12.1 Å². The third-order valence-corrected chi connectivity index (χ3v) is 7.43. The highest BCUT2D eigenvalue weighted by Gasteiger charge is 2.33. The van der Waals surface area contributed by atoms with E-state index in [0.717, 1.165) is 34.3 Å². The summed E-state index contributed by atoms with van der Waals surface area (Å²) in [6, 6.07) is 14.5. The van der Waals surface area contributed by atoms with E-state index in [9.17, 15) is 10.5 Å². The molecule has 0 spiro atoms. The SMILES string of the molecule is CC(C)(C)ONc1c(C#N)cnc2c(C#N)cc(N[C@H](C3=CN(C4CC4)NN3)c3cccc4ncsc34)cc12. The number of rotatable bonds is 7. The number of benzene rings is 2. The van der Waals surface area contributed by atoms with Crippen molar-refractivity contribution < 1.29 is 4.84 Å². The lowest BCUT2D eigenvalue weighted by atomic mass is 10.0. The van der Waals surface area contributed by atoms with Crippen LogP contribution >= 0.6 is 11.3 Å². The molecule has 4 aromatic rings. The summed E-state index contributed by atoms with van der Waals surface area (Å²) < 4.78 is 1.08. The summed E-state index contributed by atoms with van der Waals surface area (Å²) in [5.74, 6) is 0. The molecular weight excluding hydrogens is 510 g/mol. The molecule has 1 aliphatic carbocycles. The second kappa shape index (κ2) is 9.71. The largest absolute Gasteiger partial charge is 0.373 e. The van der Waals surface area contributed by atoms with Gasteiger partial charge in [-0.05, 0) is 57.4 Å². The minimum absolute atomic E-state index is 0.274. The van der Waals surface area contributed by atoms with Crippen LogP contribution in [0.25, 0.3) is 21.1 Å². The van der Waals surface area contributed by atoms with E-state index in [1.807, 2.05) is 44.5 Å². The number of nitriles is 2. The van der Waals surface area contributed by atoms with E-state index in [1.54, 1.807) is 17.4 Å². The molecule has 1 atom stereocenters. The van der Waals surface area contributed by atoms with Gasteiger partial charge < -0.3 is 10.7 Å². The maximum atomic E-state index is 10.0. The van der Waals surface area contributed by atoms with E-state index in [0.29, 0.717) is 39.4 Å². The topological polar surface area (TPSA) is 134 Å². The molecule has 0 bridgehead atoms. The summed E-state index contributed by atoms with van der Waals surface area (Å²) in [6.45, 7) is 5.74. The molecule has 2 aromatic heterocycles. The van der Waals surface area contributed by atoms with Crippen LogP contribution in [0.1, 0.15) is 56.3 Å². The van der Waals surface area contributed by atoms with E-state index in [1.165, 1.54) is 6.20 Å². The molecule has 1 aliphatic heterocycles. The van der Waals surface area contributed by atoms with E-state index >= 15 is 0 Å². The van der Waals surface area contributed by atoms with Gasteiger partial charge in [-0.1, -0.05) is 12.1 Å². The summed E-state index contributed by atoms with van der Waals surface area (Å²) in [7, 11) is 0. The number of hydrogen-bond acceptors (Lipinski definition) is 11. The van der Waals surface area contributed by atoms with E-state index < -0.39 is 5.60 Å².